The molecule has 1 aromatic heterocycles. The smallest absolute Gasteiger partial charge is 0.416 e. The largest absolute Gasteiger partial charge is 0.469 e. The highest BCUT2D eigenvalue weighted by atomic mass is 19.4. The number of aromatic nitrogens is 2. The molecule has 1 atom stereocenters. The quantitative estimate of drug-likeness (QED) is 0.848. The second kappa shape index (κ2) is 6.31. The maximum absolute atomic E-state index is 12.7. The minimum absolute atomic E-state index is 0.149. The van der Waals surface area contributed by atoms with Crippen LogP contribution in [-0.4, -0.2) is 23.3 Å². The molecule has 2 aromatic rings. The first kappa shape index (κ1) is 16.9. The molecule has 1 unspecified atom stereocenters. The first-order valence-electron chi connectivity index (χ1n) is 6.75. The molecular formula is C15H15F3N2O3. The summed E-state index contributed by atoms with van der Waals surface area (Å²) in [5.74, 6) is -1.25. The molecule has 0 bridgehead atoms. The van der Waals surface area contributed by atoms with Crippen LogP contribution in [0.25, 0.3) is 0 Å². The molecule has 5 nitrogen and oxygen atoms in total. The summed E-state index contributed by atoms with van der Waals surface area (Å²) >= 11 is 0. The number of benzene rings is 1. The van der Waals surface area contributed by atoms with E-state index in [0.717, 1.165) is 12.1 Å². The van der Waals surface area contributed by atoms with Crippen LogP contribution >= 0.6 is 0 Å². The predicted octanol–water partition coefficient (Wildman–Crippen LogP) is 2.73. The average Bonchev–Trinajstić information content (AvgIpc) is 2.83. The molecular weight excluding hydrogens is 313 g/mol. The maximum Gasteiger partial charge on any atom is 0.416 e. The van der Waals surface area contributed by atoms with Gasteiger partial charge in [-0.3, -0.25) is 14.7 Å². The summed E-state index contributed by atoms with van der Waals surface area (Å²) in [7, 11) is 1.21. The van der Waals surface area contributed by atoms with Crippen molar-refractivity contribution in [2.75, 3.05) is 7.11 Å². The van der Waals surface area contributed by atoms with E-state index in [1.165, 1.54) is 19.2 Å². The number of methoxy groups -OCH3 is 1. The van der Waals surface area contributed by atoms with Crippen molar-refractivity contribution in [2.45, 2.75) is 25.4 Å². The zero-order valence-corrected chi connectivity index (χ0v) is 12.5. The molecule has 0 fully saturated rings. The normalized spacial score (nSPS) is 12.9. The number of carbonyl (C=O) groups is 1. The van der Waals surface area contributed by atoms with Gasteiger partial charge >= 0.3 is 12.1 Å². The summed E-state index contributed by atoms with van der Waals surface area (Å²) in [6.07, 6.45) is -4.60. The predicted molar refractivity (Wildman–Crippen MR) is 76.1 cm³/mol. The van der Waals surface area contributed by atoms with Crippen molar-refractivity contribution in [3.63, 3.8) is 0 Å². The number of hydrogen-bond acceptors (Lipinski definition) is 3. The molecule has 1 heterocycles. The van der Waals surface area contributed by atoms with Crippen LogP contribution in [0, 0.1) is 6.92 Å². The lowest BCUT2D eigenvalue weighted by atomic mass is 9.88. The third-order valence-electron chi connectivity index (χ3n) is 3.60. The Bertz CT molecular complexity index is 745. The van der Waals surface area contributed by atoms with E-state index in [-0.39, 0.29) is 6.42 Å². The van der Waals surface area contributed by atoms with E-state index in [9.17, 15) is 22.8 Å². The summed E-state index contributed by atoms with van der Waals surface area (Å²) in [6, 6.07) is 4.39. The number of hydrogen-bond donors (Lipinski definition) is 2. The van der Waals surface area contributed by atoms with Gasteiger partial charge in [0.15, 0.2) is 0 Å². The van der Waals surface area contributed by atoms with Gasteiger partial charge in [-0.2, -0.15) is 13.2 Å². The van der Waals surface area contributed by atoms with Gasteiger partial charge in [0.2, 0.25) is 0 Å². The van der Waals surface area contributed by atoms with Gasteiger partial charge in [-0.1, -0.05) is 12.1 Å². The van der Waals surface area contributed by atoms with Crippen LogP contribution in [0.15, 0.2) is 29.1 Å². The standard InChI is InChI=1S/C15H15F3N2O3/c1-8-13(14(22)20-19-8)11(7-12(21)23-2)9-3-5-10(6-4-9)15(16,17)18/h3-6,11H,7H2,1-2H3,(H2,19,20,22). The lowest BCUT2D eigenvalue weighted by molar-refractivity contribution is -0.141. The van der Waals surface area contributed by atoms with Crippen LogP contribution in [0.2, 0.25) is 0 Å². The Morgan fingerprint density at radius 2 is 1.83 bits per heavy atom. The van der Waals surface area contributed by atoms with Crippen LogP contribution in [-0.2, 0) is 15.7 Å². The molecule has 0 saturated carbocycles. The lowest BCUT2D eigenvalue weighted by Gasteiger charge is -2.16. The van der Waals surface area contributed by atoms with Crippen molar-refractivity contribution in [1.29, 1.82) is 0 Å². The Hall–Kier alpha value is -2.51. The van der Waals surface area contributed by atoms with E-state index in [2.05, 4.69) is 14.9 Å². The van der Waals surface area contributed by atoms with E-state index >= 15 is 0 Å². The van der Waals surface area contributed by atoms with Gasteiger partial charge in [0.1, 0.15) is 0 Å². The van der Waals surface area contributed by atoms with Crippen LogP contribution < -0.4 is 5.56 Å². The highest BCUT2D eigenvalue weighted by molar-refractivity contribution is 5.71. The molecule has 124 valence electrons. The summed E-state index contributed by atoms with van der Waals surface area (Å²) in [4.78, 5) is 23.5. The summed E-state index contributed by atoms with van der Waals surface area (Å²) in [6.45, 7) is 1.64. The number of esters is 1. The maximum atomic E-state index is 12.7. The number of aryl methyl sites for hydroxylation is 1. The van der Waals surface area contributed by atoms with Crippen molar-refractivity contribution in [3.8, 4) is 0 Å². The first-order chi connectivity index (χ1) is 10.7. The number of halogens is 3. The molecule has 8 heteroatoms. The molecule has 0 radical (unpaired) electrons. The van der Waals surface area contributed by atoms with E-state index in [4.69, 9.17) is 0 Å². The minimum atomic E-state index is -4.45. The van der Waals surface area contributed by atoms with E-state index in [1.807, 2.05) is 0 Å². The zero-order valence-electron chi connectivity index (χ0n) is 12.5. The molecule has 0 saturated heterocycles. The van der Waals surface area contributed by atoms with Crippen molar-refractivity contribution in [3.05, 3.63) is 57.0 Å². The number of carbonyl (C=O) groups excluding carboxylic acids is 1. The lowest BCUT2D eigenvalue weighted by Crippen LogP contribution is -2.17. The van der Waals surface area contributed by atoms with Crippen molar-refractivity contribution < 1.29 is 22.7 Å². The van der Waals surface area contributed by atoms with Gasteiger partial charge in [-0.15, -0.1) is 0 Å². The third-order valence-corrected chi connectivity index (χ3v) is 3.60. The number of aromatic amines is 2. The van der Waals surface area contributed by atoms with Crippen molar-refractivity contribution in [1.82, 2.24) is 10.2 Å². The highest BCUT2D eigenvalue weighted by Crippen LogP contribution is 2.32. The Labute approximate surface area is 129 Å². The molecule has 0 aliphatic rings. The van der Waals surface area contributed by atoms with Gasteiger partial charge < -0.3 is 9.84 Å². The topological polar surface area (TPSA) is 75.0 Å². The average molecular weight is 328 g/mol. The van der Waals surface area contributed by atoms with Gasteiger partial charge in [-0.05, 0) is 24.6 Å². The van der Waals surface area contributed by atoms with Crippen LogP contribution in [0.3, 0.4) is 0 Å². The molecule has 0 aliphatic heterocycles. The monoisotopic (exact) mass is 328 g/mol. The molecule has 2 N–H and O–H groups in total. The number of ether oxygens (including phenoxy) is 1. The minimum Gasteiger partial charge on any atom is -0.469 e. The van der Waals surface area contributed by atoms with Gasteiger partial charge in [0.25, 0.3) is 5.56 Å². The fraction of sp³-hybridized carbons (Fsp3) is 0.333. The van der Waals surface area contributed by atoms with E-state index in [1.54, 1.807) is 6.92 Å². The highest BCUT2D eigenvalue weighted by Gasteiger charge is 2.31. The second-order valence-corrected chi connectivity index (χ2v) is 5.07. The number of alkyl halides is 3. The van der Waals surface area contributed by atoms with Crippen molar-refractivity contribution >= 4 is 5.97 Å². The molecule has 0 amide bonds. The molecule has 1 aromatic carbocycles. The fourth-order valence-corrected chi connectivity index (χ4v) is 2.42. The summed E-state index contributed by atoms with van der Waals surface area (Å²) in [5.41, 5.74) is 0.0321. The zero-order chi connectivity index (χ0) is 17.2. The first-order valence-corrected chi connectivity index (χ1v) is 6.75. The van der Waals surface area contributed by atoms with E-state index in [0.29, 0.717) is 16.8 Å². The molecule has 0 aliphatic carbocycles. The number of rotatable bonds is 4. The fourth-order valence-electron chi connectivity index (χ4n) is 2.42. The third kappa shape index (κ3) is 3.64. The summed E-state index contributed by atoms with van der Waals surface area (Å²) in [5, 5.41) is 5.05. The summed E-state index contributed by atoms with van der Waals surface area (Å²) < 4.78 is 42.6. The molecule has 0 spiro atoms. The Kier molecular flexibility index (Phi) is 4.63. The van der Waals surface area contributed by atoms with Crippen molar-refractivity contribution in [2.24, 2.45) is 0 Å². The van der Waals surface area contributed by atoms with Gasteiger partial charge in [-0.25, -0.2) is 0 Å². The van der Waals surface area contributed by atoms with Crippen LogP contribution in [0.4, 0.5) is 13.2 Å². The molecule has 2 rings (SSSR count). The Balaban J connectivity index is 2.46. The van der Waals surface area contributed by atoms with Crippen LogP contribution in [0.5, 0.6) is 0 Å². The Morgan fingerprint density at radius 3 is 2.26 bits per heavy atom. The number of H-pyrrole nitrogens is 2. The van der Waals surface area contributed by atoms with Crippen LogP contribution in [0.1, 0.15) is 34.7 Å². The SMILES string of the molecule is COC(=O)CC(c1ccc(C(F)(F)F)cc1)c1c(C)[nH][nH]c1=O. The Morgan fingerprint density at radius 1 is 1.22 bits per heavy atom. The van der Waals surface area contributed by atoms with E-state index < -0.39 is 29.2 Å². The van der Waals surface area contributed by atoms with Gasteiger partial charge in [0.05, 0.1) is 19.1 Å². The second-order valence-electron chi connectivity index (χ2n) is 5.07. The number of nitrogens with one attached hydrogen (secondary N) is 2. The van der Waals surface area contributed by atoms with Gasteiger partial charge in [0, 0.05) is 17.2 Å². The molecule has 23 heavy (non-hydrogen) atoms.